The molecule has 1 rings (SSSR count). The second-order valence-corrected chi connectivity index (χ2v) is 8.57. The molecule has 0 amide bonds. The van der Waals surface area contributed by atoms with Gasteiger partial charge in [0.2, 0.25) is 6.23 Å². The van der Waals surface area contributed by atoms with E-state index in [0.717, 1.165) is 19.4 Å². The molecule has 0 aliphatic heterocycles. The zero-order valence-electron chi connectivity index (χ0n) is 14.3. The summed E-state index contributed by atoms with van der Waals surface area (Å²) in [4.78, 5) is 0. The molecule has 126 valence electrons. The highest BCUT2D eigenvalue weighted by Crippen LogP contribution is 2.35. The maximum absolute atomic E-state index is 9.92. The Labute approximate surface area is 137 Å². The van der Waals surface area contributed by atoms with E-state index >= 15 is 0 Å². The molecule has 1 aliphatic carbocycles. The van der Waals surface area contributed by atoms with Gasteiger partial charge in [0, 0.05) is 11.4 Å². The van der Waals surface area contributed by atoms with Crippen molar-refractivity contribution in [3.63, 3.8) is 0 Å². The lowest BCUT2D eigenvalue weighted by atomic mass is 9.91. The number of nitrogens with zero attached hydrogens (tertiary/aromatic N) is 1. The van der Waals surface area contributed by atoms with E-state index in [-0.39, 0.29) is 4.75 Å². The average molecular weight is 319 g/mol. The fourth-order valence-corrected chi connectivity index (χ4v) is 3.38. The van der Waals surface area contributed by atoms with Crippen molar-refractivity contribution >= 4 is 12.6 Å². The van der Waals surface area contributed by atoms with Crippen molar-refractivity contribution < 1.29 is 14.3 Å². The maximum Gasteiger partial charge on any atom is 0.214 e. The standard InChI is InChI=1S/C17H35NO2S/c1-18(2,3)16(19)15-20-14-10-13-17(21)11-8-6-4-5-7-9-12-17/h16,19H,4-15H2,1-3H3/p+1. The van der Waals surface area contributed by atoms with Gasteiger partial charge in [-0.25, -0.2) is 0 Å². The number of aliphatic hydroxyl groups is 1. The summed E-state index contributed by atoms with van der Waals surface area (Å²) in [5.74, 6) is 0. The summed E-state index contributed by atoms with van der Waals surface area (Å²) in [7, 11) is 5.94. The van der Waals surface area contributed by atoms with Crippen LogP contribution in [0, 0.1) is 0 Å². The van der Waals surface area contributed by atoms with Crippen molar-refractivity contribution in [1.29, 1.82) is 0 Å². The molecule has 0 aromatic rings. The summed E-state index contributed by atoms with van der Waals surface area (Å²) >= 11 is 5.00. The molecule has 21 heavy (non-hydrogen) atoms. The molecule has 1 aliphatic rings. The molecule has 0 spiro atoms. The van der Waals surface area contributed by atoms with E-state index in [1.807, 2.05) is 21.1 Å². The number of rotatable bonds is 7. The van der Waals surface area contributed by atoms with Crippen LogP contribution in [0.2, 0.25) is 0 Å². The van der Waals surface area contributed by atoms with Crippen molar-refractivity contribution in [3.05, 3.63) is 0 Å². The summed E-state index contributed by atoms with van der Waals surface area (Å²) in [6.07, 6.45) is 12.4. The van der Waals surface area contributed by atoms with Gasteiger partial charge >= 0.3 is 0 Å². The number of hydrogen-bond donors (Lipinski definition) is 2. The lowest BCUT2D eigenvalue weighted by Gasteiger charge is -2.30. The second kappa shape index (κ2) is 9.39. The Hall–Kier alpha value is 0.230. The molecule has 0 saturated heterocycles. The number of hydrogen-bond acceptors (Lipinski definition) is 3. The van der Waals surface area contributed by atoms with Gasteiger partial charge in [0.25, 0.3) is 0 Å². The largest absolute Gasteiger partial charge is 0.372 e. The molecule has 0 radical (unpaired) electrons. The van der Waals surface area contributed by atoms with Gasteiger partial charge in [-0.2, -0.15) is 12.6 Å². The smallest absolute Gasteiger partial charge is 0.214 e. The lowest BCUT2D eigenvalue weighted by molar-refractivity contribution is -0.919. The van der Waals surface area contributed by atoms with Crippen molar-refractivity contribution in [2.45, 2.75) is 75.2 Å². The molecule has 1 N–H and O–H groups in total. The summed E-state index contributed by atoms with van der Waals surface area (Å²) in [5, 5.41) is 9.92. The number of quaternary nitrogens is 1. The first-order valence-electron chi connectivity index (χ1n) is 8.63. The zero-order chi connectivity index (χ0) is 15.8. The van der Waals surface area contributed by atoms with Gasteiger partial charge in [-0.15, -0.1) is 0 Å². The summed E-state index contributed by atoms with van der Waals surface area (Å²) in [6.45, 7) is 1.16. The highest BCUT2D eigenvalue weighted by atomic mass is 32.1. The Bertz CT molecular complexity index is 268. The average Bonchev–Trinajstić information content (AvgIpc) is 2.50. The number of ether oxygens (including phenoxy) is 1. The Morgan fingerprint density at radius 3 is 2.10 bits per heavy atom. The molecule has 4 heteroatoms. The third-order valence-electron chi connectivity index (χ3n) is 4.63. The zero-order valence-corrected chi connectivity index (χ0v) is 15.2. The first-order valence-corrected chi connectivity index (χ1v) is 9.08. The molecule has 1 unspecified atom stereocenters. The predicted octanol–water partition coefficient (Wildman–Crippen LogP) is 3.61. The molecule has 1 saturated carbocycles. The quantitative estimate of drug-likeness (QED) is 0.325. The van der Waals surface area contributed by atoms with Gasteiger partial charge in [-0.3, -0.25) is 0 Å². The highest BCUT2D eigenvalue weighted by Gasteiger charge is 2.25. The van der Waals surface area contributed by atoms with E-state index in [9.17, 15) is 5.11 Å². The minimum atomic E-state index is -0.445. The van der Waals surface area contributed by atoms with Crippen LogP contribution < -0.4 is 0 Å². The summed E-state index contributed by atoms with van der Waals surface area (Å²) < 4.78 is 6.38. The van der Waals surface area contributed by atoms with E-state index < -0.39 is 6.23 Å². The summed E-state index contributed by atoms with van der Waals surface area (Å²) in [5.41, 5.74) is 0. The monoisotopic (exact) mass is 318 g/mol. The SMILES string of the molecule is C[N+](C)(C)C(O)COCCCC1(S)CCCCCCCC1. The third-order valence-corrected chi connectivity index (χ3v) is 5.30. The van der Waals surface area contributed by atoms with E-state index in [1.165, 1.54) is 51.4 Å². The fourth-order valence-electron chi connectivity index (χ4n) is 2.91. The predicted molar refractivity (Wildman–Crippen MR) is 92.7 cm³/mol. The molecule has 0 aromatic carbocycles. The lowest BCUT2D eigenvalue weighted by Crippen LogP contribution is -2.47. The van der Waals surface area contributed by atoms with Crippen LogP contribution in [0.15, 0.2) is 0 Å². The van der Waals surface area contributed by atoms with Gasteiger partial charge in [-0.1, -0.05) is 38.5 Å². The van der Waals surface area contributed by atoms with Crippen LogP contribution in [-0.2, 0) is 4.74 Å². The van der Waals surface area contributed by atoms with E-state index in [1.54, 1.807) is 0 Å². The van der Waals surface area contributed by atoms with Crippen LogP contribution in [0.4, 0.5) is 0 Å². The number of thiol groups is 1. The molecule has 3 nitrogen and oxygen atoms in total. The molecule has 0 aromatic heterocycles. The van der Waals surface area contributed by atoms with Gasteiger partial charge in [0.1, 0.15) is 6.61 Å². The second-order valence-electron chi connectivity index (χ2n) is 7.62. The van der Waals surface area contributed by atoms with Crippen LogP contribution in [0.3, 0.4) is 0 Å². The Morgan fingerprint density at radius 2 is 1.57 bits per heavy atom. The topological polar surface area (TPSA) is 29.5 Å². The van der Waals surface area contributed by atoms with Gasteiger partial charge < -0.3 is 14.3 Å². The maximum atomic E-state index is 9.92. The third kappa shape index (κ3) is 8.44. The van der Waals surface area contributed by atoms with E-state index in [2.05, 4.69) is 0 Å². The Kier molecular flexibility index (Phi) is 8.62. The van der Waals surface area contributed by atoms with Crippen molar-refractivity contribution in [1.82, 2.24) is 0 Å². The van der Waals surface area contributed by atoms with Crippen molar-refractivity contribution in [2.75, 3.05) is 34.4 Å². The van der Waals surface area contributed by atoms with Crippen molar-refractivity contribution in [3.8, 4) is 0 Å². The van der Waals surface area contributed by atoms with Gasteiger partial charge in [0.05, 0.1) is 21.1 Å². The normalized spacial score (nSPS) is 22.1. The van der Waals surface area contributed by atoms with E-state index in [4.69, 9.17) is 17.4 Å². The molecule has 1 fully saturated rings. The van der Waals surface area contributed by atoms with Gasteiger partial charge in [0.15, 0.2) is 0 Å². The van der Waals surface area contributed by atoms with Crippen LogP contribution >= 0.6 is 12.6 Å². The number of likely N-dealkylation sites (N-methyl/N-ethyl adjacent to an activating group) is 1. The van der Waals surface area contributed by atoms with Gasteiger partial charge in [-0.05, 0) is 25.7 Å². The van der Waals surface area contributed by atoms with Crippen molar-refractivity contribution in [2.24, 2.45) is 0 Å². The summed E-state index contributed by atoms with van der Waals surface area (Å²) in [6, 6.07) is 0. The Balaban J connectivity index is 2.20. The molecule has 0 bridgehead atoms. The minimum Gasteiger partial charge on any atom is -0.372 e. The van der Waals surface area contributed by atoms with Crippen LogP contribution in [-0.4, -0.2) is 54.9 Å². The Morgan fingerprint density at radius 1 is 1.05 bits per heavy atom. The first kappa shape index (κ1) is 19.3. The molecule has 0 heterocycles. The van der Waals surface area contributed by atoms with Crippen LogP contribution in [0.5, 0.6) is 0 Å². The van der Waals surface area contributed by atoms with E-state index in [0.29, 0.717) is 11.1 Å². The highest BCUT2D eigenvalue weighted by molar-refractivity contribution is 7.81. The minimum absolute atomic E-state index is 0.215. The number of aliphatic hydroxyl groups excluding tert-OH is 1. The van der Waals surface area contributed by atoms with Crippen LogP contribution in [0.1, 0.15) is 64.2 Å². The fraction of sp³-hybridized carbons (Fsp3) is 1.00. The molecular weight excluding hydrogens is 282 g/mol. The first-order chi connectivity index (χ1) is 9.83. The molecular formula is C17H36NO2S+. The molecule has 1 atom stereocenters. The van der Waals surface area contributed by atoms with Crippen LogP contribution in [0.25, 0.3) is 0 Å².